The summed E-state index contributed by atoms with van der Waals surface area (Å²) in [5.74, 6) is 5.10. The fourth-order valence-electron chi connectivity index (χ4n) is 1.77. The Labute approximate surface area is 123 Å². The van der Waals surface area contributed by atoms with Crippen LogP contribution in [0.3, 0.4) is 0 Å². The predicted octanol–water partition coefficient (Wildman–Crippen LogP) is 2.30. The maximum Gasteiger partial charge on any atom is 0.255 e. The number of aromatic hydroxyl groups is 1. The number of nitrogens with one attached hydrogen (secondary N) is 1. The molecule has 2 aromatic rings. The molecule has 0 aliphatic carbocycles. The van der Waals surface area contributed by atoms with Gasteiger partial charge in [-0.3, -0.25) is 4.79 Å². The zero-order chi connectivity index (χ0) is 15.2. The highest BCUT2D eigenvalue weighted by Crippen LogP contribution is 2.18. The summed E-state index contributed by atoms with van der Waals surface area (Å²) < 4.78 is 0. The smallest absolute Gasteiger partial charge is 0.255 e. The Morgan fingerprint density at radius 1 is 1.24 bits per heavy atom. The van der Waals surface area contributed by atoms with Gasteiger partial charge in [-0.1, -0.05) is 24.0 Å². The van der Waals surface area contributed by atoms with E-state index < -0.39 is 0 Å². The lowest BCUT2D eigenvalue weighted by Gasteiger charge is -2.07. The van der Waals surface area contributed by atoms with Crippen LogP contribution < -0.4 is 5.32 Å². The molecule has 21 heavy (non-hydrogen) atoms. The summed E-state index contributed by atoms with van der Waals surface area (Å²) in [6.07, 6.45) is 0. The van der Waals surface area contributed by atoms with E-state index in [2.05, 4.69) is 17.2 Å². The quantitative estimate of drug-likeness (QED) is 0.740. The summed E-state index contributed by atoms with van der Waals surface area (Å²) in [6, 6.07) is 11.8. The van der Waals surface area contributed by atoms with Crippen LogP contribution in [0.4, 0.5) is 5.69 Å². The van der Waals surface area contributed by atoms with Gasteiger partial charge in [-0.25, -0.2) is 0 Å². The number of rotatable bonds is 2. The molecule has 0 aromatic heterocycles. The summed E-state index contributed by atoms with van der Waals surface area (Å²) in [6.45, 7) is 1.56. The molecule has 0 saturated heterocycles. The van der Waals surface area contributed by atoms with Gasteiger partial charge in [-0.2, -0.15) is 0 Å². The number of benzene rings is 2. The van der Waals surface area contributed by atoms with Crippen molar-refractivity contribution in [3.8, 4) is 17.6 Å². The molecule has 1 amide bonds. The maximum atomic E-state index is 12.1. The summed E-state index contributed by atoms with van der Waals surface area (Å²) >= 11 is 0. The molecule has 3 N–H and O–H groups in total. The van der Waals surface area contributed by atoms with Crippen molar-refractivity contribution in [1.82, 2.24) is 0 Å². The van der Waals surface area contributed by atoms with Crippen molar-refractivity contribution < 1.29 is 15.0 Å². The van der Waals surface area contributed by atoms with E-state index in [4.69, 9.17) is 5.11 Å². The molecule has 0 spiro atoms. The normalized spacial score (nSPS) is 9.62. The third-order valence-electron chi connectivity index (χ3n) is 2.90. The number of hydrogen-bond donors (Lipinski definition) is 3. The number of aliphatic hydroxyl groups is 1. The zero-order valence-electron chi connectivity index (χ0n) is 11.6. The zero-order valence-corrected chi connectivity index (χ0v) is 11.6. The minimum absolute atomic E-state index is 0.0882. The fourth-order valence-corrected chi connectivity index (χ4v) is 1.77. The molecule has 0 saturated carbocycles. The van der Waals surface area contributed by atoms with E-state index in [0.717, 1.165) is 0 Å². The van der Waals surface area contributed by atoms with Crippen molar-refractivity contribution in [3.63, 3.8) is 0 Å². The first-order valence-electron chi connectivity index (χ1n) is 6.41. The Morgan fingerprint density at radius 2 is 2.05 bits per heavy atom. The Bertz CT molecular complexity index is 726. The molecule has 4 heteroatoms. The Hall–Kier alpha value is -2.77. The van der Waals surface area contributed by atoms with E-state index in [0.29, 0.717) is 22.4 Å². The molecule has 0 aliphatic heterocycles. The lowest BCUT2D eigenvalue weighted by Crippen LogP contribution is -2.11. The number of anilines is 1. The highest BCUT2D eigenvalue weighted by atomic mass is 16.3. The van der Waals surface area contributed by atoms with Gasteiger partial charge in [0.2, 0.25) is 0 Å². The average Bonchev–Trinajstić information content (AvgIpc) is 2.48. The minimum Gasteiger partial charge on any atom is -0.508 e. The van der Waals surface area contributed by atoms with Crippen LogP contribution in [0.5, 0.6) is 5.75 Å². The van der Waals surface area contributed by atoms with Crippen LogP contribution in [0.25, 0.3) is 0 Å². The molecule has 2 rings (SSSR count). The summed E-state index contributed by atoms with van der Waals surface area (Å²) in [7, 11) is 0. The number of carbonyl (C=O) groups is 1. The maximum absolute atomic E-state index is 12.1. The second kappa shape index (κ2) is 6.60. The van der Waals surface area contributed by atoms with Crippen molar-refractivity contribution in [1.29, 1.82) is 0 Å². The standard InChI is InChI=1S/C17H15NO3/c1-12-7-8-14(11-16(12)20)17(21)18-15-6-2-4-13(10-15)5-3-9-19/h2,4,6-8,10-11,19-20H,9H2,1H3,(H,18,21). The molecule has 0 radical (unpaired) electrons. The fraction of sp³-hybridized carbons (Fsp3) is 0.118. The molecular formula is C17H15NO3. The van der Waals surface area contributed by atoms with Crippen molar-refractivity contribution in [2.75, 3.05) is 11.9 Å². The van der Waals surface area contributed by atoms with E-state index in [1.54, 1.807) is 43.3 Å². The van der Waals surface area contributed by atoms with Gasteiger partial charge in [-0.15, -0.1) is 0 Å². The number of amides is 1. The van der Waals surface area contributed by atoms with Crippen molar-refractivity contribution in [2.45, 2.75) is 6.92 Å². The molecule has 2 aromatic carbocycles. The number of hydrogen-bond acceptors (Lipinski definition) is 3. The van der Waals surface area contributed by atoms with E-state index in [1.807, 2.05) is 0 Å². The van der Waals surface area contributed by atoms with Crippen LogP contribution in [0.1, 0.15) is 21.5 Å². The van der Waals surface area contributed by atoms with E-state index in [-0.39, 0.29) is 18.3 Å². The van der Waals surface area contributed by atoms with E-state index in [1.165, 1.54) is 6.07 Å². The third kappa shape index (κ3) is 3.85. The summed E-state index contributed by atoms with van der Waals surface area (Å²) in [4.78, 5) is 12.1. The van der Waals surface area contributed by atoms with Gasteiger partial charge >= 0.3 is 0 Å². The van der Waals surface area contributed by atoms with Gasteiger partial charge in [0.15, 0.2) is 0 Å². The number of aliphatic hydroxyl groups excluding tert-OH is 1. The molecule has 0 heterocycles. The van der Waals surface area contributed by atoms with Crippen molar-refractivity contribution >= 4 is 11.6 Å². The Kier molecular flexibility index (Phi) is 4.60. The highest BCUT2D eigenvalue weighted by Gasteiger charge is 2.08. The van der Waals surface area contributed by atoms with Crippen LogP contribution in [0.15, 0.2) is 42.5 Å². The van der Waals surface area contributed by atoms with Gasteiger partial charge < -0.3 is 15.5 Å². The minimum atomic E-state index is -0.308. The molecule has 0 unspecified atom stereocenters. The number of aryl methyl sites for hydroxylation is 1. The first kappa shape index (κ1) is 14.6. The molecule has 4 nitrogen and oxygen atoms in total. The van der Waals surface area contributed by atoms with Crippen LogP contribution in [0, 0.1) is 18.8 Å². The summed E-state index contributed by atoms with van der Waals surface area (Å²) in [5, 5.41) is 21.0. The van der Waals surface area contributed by atoms with Gasteiger partial charge in [0.25, 0.3) is 5.91 Å². The second-order valence-electron chi connectivity index (χ2n) is 4.50. The molecule has 106 valence electrons. The first-order valence-corrected chi connectivity index (χ1v) is 6.41. The van der Waals surface area contributed by atoms with Crippen molar-refractivity contribution in [3.05, 3.63) is 59.2 Å². The van der Waals surface area contributed by atoms with Crippen LogP contribution >= 0.6 is 0 Å². The van der Waals surface area contributed by atoms with E-state index >= 15 is 0 Å². The molecule has 0 fully saturated rings. The summed E-state index contributed by atoms with van der Waals surface area (Å²) in [5.41, 5.74) is 2.40. The van der Waals surface area contributed by atoms with Crippen LogP contribution in [-0.4, -0.2) is 22.7 Å². The lowest BCUT2D eigenvalue weighted by molar-refractivity contribution is 0.102. The van der Waals surface area contributed by atoms with Gasteiger partial charge in [0, 0.05) is 16.8 Å². The number of carbonyl (C=O) groups excluding carboxylic acids is 1. The van der Waals surface area contributed by atoms with Gasteiger partial charge in [0.1, 0.15) is 12.4 Å². The molecule has 0 aliphatic rings. The molecule has 0 bridgehead atoms. The van der Waals surface area contributed by atoms with Gasteiger partial charge in [-0.05, 0) is 42.8 Å². The monoisotopic (exact) mass is 281 g/mol. The first-order chi connectivity index (χ1) is 10.1. The average molecular weight is 281 g/mol. The van der Waals surface area contributed by atoms with Crippen molar-refractivity contribution in [2.24, 2.45) is 0 Å². The number of phenols is 1. The SMILES string of the molecule is Cc1ccc(C(=O)Nc2cccc(C#CCO)c2)cc1O. The number of phenolic OH excluding ortho intramolecular Hbond substituents is 1. The van der Waals surface area contributed by atoms with Gasteiger partial charge in [0.05, 0.1) is 0 Å². The topological polar surface area (TPSA) is 69.6 Å². The Balaban J connectivity index is 2.17. The molecular weight excluding hydrogens is 266 g/mol. The largest absolute Gasteiger partial charge is 0.508 e. The lowest BCUT2D eigenvalue weighted by atomic mass is 10.1. The van der Waals surface area contributed by atoms with E-state index in [9.17, 15) is 9.90 Å². The third-order valence-corrected chi connectivity index (χ3v) is 2.90. The predicted molar refractivity (Wildman–Crippen MR) is 81.2 cm³/mol. The van der Waals surface area contributed by atoms with Crippen LogP contribution in [-0.2, 0) is 0 Å². The second-order valence-corrected chi connectivity index (χ2v) is 4.50. The van der Waals surface area contributed by atoms with Crippen LogP contribution in [0.2, 0.25) is 0 Å². The highest BCUT2D eigenvalue weighted by molar-refractivity contribution is 6.04. The Morgan fingerprint density at radius 3 is 2.76 bits per heavy atom. The molecule has 0 atom stereocenters.